The van der Waals surface area contributed by atoms with Gasteiger partial charge in [0.05, 0.1) is 5.56 Å². The number of hydrogen-bond acceptors (Lipinski definition) is 4. The van der Waals surface area contributed by atoms with Crippen LogP contribution in [-0.4, -0.2) is 46.5 Å². The first-order valence-corrected chi connectivity index (χ1v) is 6.59. The number of aromatic nitrogens is 2. The zero-order valence-corrected chi connectivity index (χ0v) is 10.8. The molecule has 1 unspecified atom stereocenters. The molecule has 1 N–H and O–H groups in total. The maximum absolute atomic E-state index is 12.3. The highest BCUT2D eigenvalue weighted by atomic mass is 16.2. The van der Waals surface area contributed by atoms with Gasteiger partial charge in [0.25, 0.3) is 5.91 Å². The molecule has 0 spiro atoms. The summed E-state index contributed by atoms with van der Waals surface area (Å²) >= 11 is 0. The molecule has 0 saturated carbocycles. The largest absolute Gasteiger partial charge is 0.337 e. The van der Waals surface area contributed by atoms with Crippen molar-refractivity contribution in [3.05, 3.63) is 24.3 Å². The number of nitrogens with zero attached hydrogens (tertiary/aromatic N) is 3. The van der Waals surface area contributed by atoms with E-state index in [-0.39, 0.29) is 5.91 Å². The maximum atomic E-state index is 12.3. The van der Waals surface area contributed by atoms with Gasteiger partial charge in [0.2, 0.25) is 0 Å². The second-order valence-corrected chi connectivity index (χ2v) is 4.62. The lowest BCUT2D eigenvalue weighted by Gasteiger charge is -2.29. The Labute approximate surface area is 108 Å². The van der Waals surface area contributed by atoms with Crippen LogP contribution in [0.3, 0.4) is 0 Å². The summed E-state index contributed by atoms with van der Waals surface area (Å²) in [5, 5.41) is 3.47. The Hall–Kier alpha value is -1.49. The van der Waals surface area contributed by atoms with Gasteiger partial charge in [0, 0.05) is 31.5 Å². The summed E-state index contributed by atoms with van der Waals surface area (Å²) in [6.45, 7) is 4.55. The first-order valence-electron chi connectivity index (χ1n) is 6.59. The van der Waals surface area contributed by atoms with E-state index < -0.39 is 0 Å². The third-order valence-corrected chi connectivity index (χ3v) is 3.33. The van der Waals surface area contributed by atoms with Crippen molar-refractivity contribution in [3.8, 4) is 0 Å². The Morgan fingerprint density at radius 3 is 2.83 bits per heavy atom. The molecule has 0 aromatic carbocycles. The minimum atomic E-state index is 0.0190. The molecule has 0 bridgehead atoms. The summed E-state index contributed by atoms with van der Waals surface area (Å²) in [6, 6.07) is 0.423. The Kier molecular flexibility index (Phi) is 4.64. The summed E-state index contributed by atoms with van der Waals surface area (Å²) in [6.07, 6.45) is 8.23. The van der Waals surface area contributed by atoms with Crippen LogP contribution in [0.25, 0.3) is 0 Å². The maximum Gasteiger partial charge on any atom is 0.257 e. The van der Waals surface area contributed by atoms with Crippen LogP contribution in [0.2, 0.25) is 0 Å². The number of carbonyl (C=O) groups excluding carboxylic acids is 1. The minimum absolute atomic E-state index is 0.0190. The number of amides is 1. The third-order valence-electron chi connectivity index (χ3n) is 3.33. The molecular weight excluding hydrogens is 228 g/mol. The van der Waals surface area contributed by atoms with E-state index >= 15 is 0 Å². The molecule has 1 aromatic heterocycles. The molecule has 5 nitrogen and oxygen atoms in total. The summed E-state index contributed by atoms with van der Waals surface area (Å²) in [7, 11) is 0. The molecule has 1 aliphatic rings. The number of nitrogens with one attached hydrogen (secondary N) is 1. The van der Waals surface area contributed by atoms with Crippen molar-refractivity contribution < 1.29 is 4.79 Å². The lowest BCUT2D eigenvalue weighted by molar-refractivity contribution is 0.0740. The Bertz CT molecular complexity index is 376. The van der Waals surface area contributed by atoms with Crippen LogP contribution in [0.4, 0.5) is 0 Å². The second-order valence-electron chi connectivity index (χ2n) is 4.62. The molecule has 1 saturated heterocycles. The van der Waals surface area contributed by atoms with Crippen molar-refractivity contribution in [2.24, 2.45) is 0 Å². The van der Waals surface area contributed by atoms with Gasteiger partial charge in [-0.15, -0.1) is 0 Å². The van der Waals surface area contributed by atoms with Crippen molar-refractivity contribution in [3.63, 3.8) is 0 Å². The number of hydrogen-bond donors (Lipinski definition) is 1. The van der Waals surface area contributed by atoms with Crippen LogP contribution in [-0.2, 0) is 0 Å². The van der Waals surface area contributed by atoms with Crippen molar-refractivity contribution >= 4 is 5.91 Å². The van der Waals surface area contributed by atoms with Gasteiger partial charge in [-0.1, -0.05) is 6.42 Å². The van der Waals surface area contributed by atoms with Gasteiger partial charge in [0.15, 0.2) is 0 Å². The first-order chi connectivity index (χ1) is 8.81. The van der Waals surface area contributed by atoms with Gasteiger partial charge in [-0.25, -0.2) is 9.97 Å². The Balaban J connectivity index is 1.97. The van der Waals surface area contributed by atoms with Crippen molar-refractivity contribution in [2.75, 3.05) is 19.6 Å². The Morgan fingerprint density at radius 2 is 2.22 bits per heavy atom. The first kappa shape index (κ1) is 13.0. The van der Waals surface area contributed by atoms with Gasteiger partial charge in [-0.3, -0.25) is 4.79 Å². The lowest BCUT2D eigenvalue weighted by Crippen LogP contribution is -2.45. The lowest BCUT2D eigenvalue weighted by atomic mass is 10.0. The van der Waals surface area contributed by atoms with E-state index in [1.54, 1.807) is 12.4 Å². The van der Waals surface area contributed by atoms with Crippen molar-refractivity contribution in [2.45, 2.75) is 32.2 Å². The third kappa shape index (κ3) is 3.26. The normalized spacial score (nSPS) is 19.5. The van der Waals surface area contributed by atoms with E-state index in [4.69, 9.17) is 0 Å². The van der Waals surface area contributed by atoms with Gasteiger partial charge in [-0.2, -0.15) is 0 Å². The molecule has 2 rings (SSSR count). The molecule has 1 amide bonds. The van der Waals surface area contributed by atoms with Crippen molar-refractivity contribution in [1.82, 2.24) is 20.2 Å². The van der Waals surface area contributed by atoms with Crippen LogP contribution in [0, 0.1) is 0 Å². The fourth-order valence-corrected chi connectivity index (χ4v) is 2.29. The average molecular weight is 248 g/mol. The Morgan fingerprint density at radius 1 is 1.44 bits per heavy atom. The van der Waals surface area contributed by atoms with Crippen molar-refractivity contribution in [1.29, 1.82) is 0 Å². The summed E-state index contributed by atoms with van der Waals surface area (Å²) in [5.74, 6) is 0.0190. The molecule has 0 radical (unpaired) electrons. The van der Waals surface area contributed by atoms with Crippen LogP contribution in [0.15, 0.2) is 18.7 Å². The highest BCUT2D eigenvalue weighted by Crippen LogP contribution is 2.10. The van der Waals surface area contributed by atoms with E-state index in [0.717, 1.165) is 19.5 Å². The van der Waals surface area contributed by atoms with E-state index in [1.807, 2.05) is 11.8 Å². The fourth-order valence-electron chi connectivity index (χ4n) is 2.29. The monoisotopic (exact) mass is 248 g/mol. The fraction of sp³-hybridized carbons (Fsp3) is 0.615. The van der Waals surface area contributed by atoms with E-state index in [0.29, 0.717) is 18.2 Å². The van der Waals surface area contributed by atoms with E-state index in [2.05, 4.69) is 15.3 Å². The molecule has 1 aromatic rings. The number of carbonyl (C=O) groups is 1. The van der Waals surface area contributed by atoms with Gasteiger partial charge in [-0.05, 0) is 26.3 Å². The zero-order valence-electron chi connectivity index (χ0n) is 10.8. The average Bonchev–Trinajstić information content (AvgIpc) is 2.46. The van der Waals surface area contributed by atoms with Crippen LogP contribution in [0.5, 0.6) is 0 Å². The van der Waals surface area contributed by atoms with Gasteiger partial charge < -0.3 is 10.2 Å². The highest BCUT2D eigenvalue weighted by molar-refractivity contribution is 5.93. The molecule has 0 aliphatic carbocycles. The summed E-state index contributed by atoms with van der Waals surface area (Å²) < 4.78 is 0. The number of piperidine rings is 1. The molecule has 1 fully saturated rings. The molecule has 98 valence electrons. The van der Waals surface area contributed by atoms with E-state index in [1.165, 1.54) is 19.2 Å². The predicted octanol–water partition coefficient (Wildman–Crippen LogP) is 1.08. The second kappa shape index (κ2) is 6.44. The number of likely N-dealkylation sites (N-methyl/N-ethyl adjacent to an activating group) is 1. The standard InChI is InChI=1S/C13H20N4O/c1-2-17(9-12-5-3-4-6-16-12)13(18)11-7-14-10-15-8-11/h7-8,10,12,16H,2-6,9H2,1H3. The smallest absolute Gasteiger partial charge is 0.257 e. The number of rotatable bonds is 4. The topological polar surface area (TPSA) is 58.1 Å². The molecule has 18 heavy (non-hydrogen) atoms. The molecule has 1 aliphatic heterocycles. The van der Waals surface area contributed by atoms with Crippen LogP contribution in [0.1, 0.15) is 36.5 Å². The molecule has 2 heterocycles. The van der Waals surface area contributed by atoms with E-state index in [9.17, 15) is 4.79 Å². The molecule has 5 heteroatoms. The van der Waals surface area contributed by atoms with Gasteiger partial charge in [0.1, 0.15) is 6.33 Å². The zero-order chi connectivity index (χ0) is 12.8. The van der Waals surface area contributed by atoms with Gasteiger partial charge >= 0.3 is 0 Å². The molecule has 1 atom stereocenters. The highest BCUT2D eigenvalue weighted by Gasteiger charge is 2.20. The van der Waals surface area contributed by atoms with Crippen LogP contribution >= 0.6 is 0 Å². The molecular formula is C13H20N4O. The SMILES string of the molecule is CCN(CC1CCCCN1)C(=O)c1cncnc1. The minimum Gasteiger partial charge on any atom is -0.337 e. The van der Waals surface area contributed by atoms with Crippen LogP contribution < -0.4 is 5.32 Å². The summed E-state index contributed by atoms with van der Waals surface area (Å²) in [5.41, 5.74) is 0.565. The quantitative estimate of drug-likeness (QED) is 0.866. The summed E-state index contributed by atoms with van der Waals surface area (Å²) in [4.78, 5) is 21.9. The predicted molar refractivity (Wildman–Crippen MR) is 69.3 cm³/mol.